The van der Waals surface area contributed by atoms with Gasteiger partial charge in [-0.05, 0) is 61.1 Å². The summed E-state index contributed by atoms with van der Waals surface area (Å²) in [7, 11) is 0. The van der Waals surface area contributed by atoms with Crippen LogP contribution in [0.25, 0.3) is 0 Å². The molecule has 2 aliphatic heterocycles. The van der Waals surface area contributed by atoms with Crippen molar-refractivity contribution in [1.29, 1.82) is 0 Å². The third-order valence-electron chi connectivity index (χ3n) is 7.25. The fraction of sp³-hybridized carbons (Fsp3) is 0.308. The third-order valence-corrected chi connectivity index (χ3v) is 7.94. The van der Waals surface area contributed by atoms with Gasteiger partial charge in [0.15, 0.2) is 0 Å². The molecule has 33 heavy (non-hydrogen) atoms. The van der Waals surface area contributed by atoms with E-state index in [9.17, 15) is 9.90 Å². The van der Waals surface area contributed by atoms with Crippen LogP contribution >= 0.6 is 23.2 Å². The van der Waals surface area contributed by atoms with Crippen LogP contribution in [0.3, 0.4) is 0 Å². The number of halogens is 2. The van der Waals surface area contributed by atoms with Gasteiger partial charge in [0.1, 0.15) is 5.75 Å². The Morgan fingerprint density at radius 1 is 0.970 bits per heavy atom. The van der Waals surface area contributed by atoms with E-state index in [1.807, 2.05) is 48.5 Å². The Bertz CT molecular complexity index is 1120. The molecule has 0 radical (unpaired) electrons. The summed E-state index contributed by atoms with van der Waals surface area (Å²) in [4.78, 5) is 19.7. The van der Waals surface area contributed by atoms with E-state index >= 15 is 0 Å². The second-order valence-corrected chi connectivity index (χ2v) is 9.85. The van der Waals surface area contributed by atoms with Crippen molar-refractivity contribution in [3.8, 4) is 5.75 Å². The van der Waals surface area contributed by atoms with E-state index in [1.54, 1.807) is 12.1 Å². The molecule has 1 aromatic heterocycles. The van der Waals surface area contributed by atoms with Crippen LogP contribution in [0.15, 0.2) is 66.9 Å². The molecule has 3 atom stereocenters. The van der Waals surface area contributed by atoms with Crippen molar-refractivity contribution in [3.63, 3.8) is 0 Å². The number of carbonyl (C=O) groups is 1. The molecule has 2 saturated heterocycles. The molecule has 0 saturated carbocycles. The first-order chi connectivity index (χ1) is 15.9. The second kappa shape index (κ2) is 8.64. The molecule has 3 heterocycles. The Balaban J connectivity index is 1.60. The number of carbonyl (C=O) groups excluding carboxylic acids is 1. The van der Waals surface area contributed by atoms with E-state index in [4.69, 9.17) is 28.9 Å². The lowest BCUT2D eigenvalue weighted by Crippen LogP contribution is -2.56. The smallest absolute Gasteiger partial charge is 0.229 e. The summed E-state index contributed by atoms with van der Waals surface area (Å²) in [5, 5.41) is 11.1. The molecule has 2 fully saturated rings. The highest BCUT2D eigenvalue weighted by molar-refractivity contribution is 6.32. The lowest BCUT2D eigenvalue weighted by molar-refractivity contribution is -0.127. The molecule has 3 N–H and O–H groups in total. The maximum atomic E-state index is 12.9. The van der Waals surface area contributed by atoms with E-state index in [0.717, 1.165) is 24.0 Å². The number of nitrogens with zero attached hydrogens (tertiary/aromatic N) is 2. The number of rotatable bonds is 5. The van der Waals surface area contributed by atoms with Crippen LogP contribution < -0.4 is 5.73 Å². The summed E-state index contributed by atoms with van der Waals surface area (Å²) in [6.45, 7) is 0. The first kappa shape index (κ1) is 22.2. The van der Waals surface area contributed by atoms with Crippen molar-refractivity contribution in [1.82, 2.24) is 9.88 Å². The number of aromatic nitrogens is 1. The number of fused-ring (bicyclic) bond motifs is 2. The van der Waals surface area contributed by atoms with Gasteiger partial charge < -0.3 is 10.8 Å². The summed E-state index contributed by atoms with van der Waals surface area (Å²) >= 11 is 13.4. The van der Waals surface area contributed by atoms with Crippen LogP contribution in [-0.4, -0.2) is 33.0 Å². The zero-order chi connectivity index (χ0) is 23.2. The summed E-state index contributed by atoms with van der Waals surface area (Å²) in [5.41, 5.74) is 7.76. The zero-order valence-electron chi connectivity index (χ0n) is 18.0. The number of piperidine rings is 1. The van der Waals surface area contributed by atoms with E-state index in [-0.39, 0.29) is 29.8 Å². The van der Waals surface area contributed by atoms with E-state index < -0.39 is 5.41 Å². The van der Waals surface area contributed by atoms with Crippen molar-refractivity contribution in [3.05, 3.63) is 93.7 Å². The van der Waals surface area contributed by atoms with Gasteiger partial charge in [-0.3, -0.25) is 14.7 Å². The number of benzene rings is 2. The first-order valence-electron chi connectivity index (χ1n) is 11.1. The molecule has 2 aliphatic rings. The summed E-state index contributed by atoms with van der Waals surface area (Å²) < 4.78 is 0. The van der Waals surface area contributed by atoms with Gasteiger partial charge in [-0.15, -0.1) is 0 Å². The maximum absolute atomic E-state index is 12.9. The highest BCUT2D eigenvalue weighted by atomic mass is 35.5. The Kier molecular flexibility index (Phi) is 5.81. The summed E-state index contributed by atoms with van der Waals surface area (Å²) in [6.07, 6.45) is 4.39. The number of primary amides is 1. The van der Waals surface area contributed by atoms with Crippen LogP contribution in [0.2, 0.25) is 10.0 Å². The molecule has 170 valence electrons. The van der Waals surface area contributed by atoms with E-state index in [0.29, 0.717) is 28.6 Å². The molecule has 2 aromatic carbocycles. The van der Waals surface area contributed by atoms with Crippen LogP contribution in [0.5, 0.6) is 5.75 Å². The highest BCUT2D eigenvalue weighted by Crippen LogP contribution is 2.52. The lowest BCUT2D eigenvalue weighted by Gasteiger charge is -2.48. The predicted octanol–water partition coefficient (Wildman–Crippen LogP) is 5.23. The summed E-state index contributed by atoms with van der Waals surface area (Å²) in [6, 6.07) is 19.1. The van der Waals surface area contributed by atoms with Gasteiger partial charge >= 0.3 is 0 Å². The highest BCUT2D eigenvalue weighted by Gasteiger charge is 2.55. The third kappa shape index (κ3) is 3.78. The van der Waals surface area contributed by atoms with Gasteiger partial charge in [0, 0.05) is 22.1 Å². The topological polar surface area (TPSA) is 79.5 Å². The van der Waals surface area contributed by atoms with Crippen molar-refractivity contribution >= 4 is 29.1 Å². The standard InChI is InChI=1S/C26H25Cl2N3O2/c27-21-7-3-1-5-19(21)24(20-6-2-4-8-22(20)28)31-16-9-10-17(31)14-26(13-16,25(29)33)23-12-11-18(32)15-30-23/h1-8,11-12,15-17,24,32H,9-10,13-14H2,(H2,29,33)/t16-,17+,26?. The average Bonchev–Trinajstić information content (AvgIpc) is 3.06. The minimum Gasteiger partial charge on any atom is -0.506 e. The molecular weight excluding hydrogens is 457 g/mol. The number of nitrogens with two attached hydrogens (primary N) is 1. The van der Waals surface area contributed by atoms with Crippen LogP contribution in [0.1, 0.15) is 48.5 Å². The Labute approximate surface area is 203 Å². The molecule has 5 rings (SSSR count). The minimum atomic E-state index is -0.873. The minimum absolute atomic E-state index is 0.0660. The molecule has 0 aliphatic carbocycles. The SMILES string of the molecule is NC(=O)C1(c2ccc(O)cn2)C[C@H]2CC[C@@H](C1)N2C(c1ccccc1Cl)c1ccccc1Cl. The molecule has 1 unspecified atom stereocenters. The fourth-order valence-electron chi connectivity index (χ4n) is 5.79. The Hall–Kier alpha value is -2.60. The van der Waals surface area contributed by atoms with Crippen LogP contribution in [0, 0.1) is 0 Å². The largest absolute Gasteiger partial charge is 0.506 e. The first-order valence-corrected chi connectivity index (χ1v) is 11.9. The quantitative estimate of drug-likeness (QED) is 0.522. The van der Waals surface area contributed by atoms with Crippen LogP contribution in [-0.2, 0) is 10.2 Å². The second-order valence-electron chi connectivity index (χ2n) is 9.03. The normalized spacial score (nSPS) is 24.8. The van der Waals surface area contributed by atoms with Gasteiger partial charge in [-0.2, -0.15) is 0 Å². The van der Waals surface area contributed by atoms with E-state index in [1.165, 1.54) is 6.20 Å². The monoisotopic (exact) mass is 481 g/mol. The van der Waals surface area contributed by atoms with Crippen molar-refractivity contribution in [2.24, 2.45) is 5.73 Å². The van der Waals surface area contributed by atoms with Crippen molar-refractivity contribution in [2.75, 3.05) is 0 Å². The molecular formula is C26H25Cl2N3O2. The van der Waals surface area contributed by atoms with Crippen molar-refractivity contribution < 1.29 is 9.90 Å². The lowest BCUT2D eigenvalue weighted by atomic mass is 9.70. The molecule has 2 bridgehead atoms. The molecule has 1 amide bonds. The van der Waals surface area contributed by atoms with Gasteiger partial charge in [-0.25, -0.2) is 0 Å². The zero-order valence-corrected chi connectivity index (χ0v) is 19.5. The Morgan fingerprint density at radius 3 is 1.97 bits per heavy atom. The number of hydrogen-bond donors (Lipinski definition) is 2. The van der Waals surface area contributed by atoms with Crippen LogP contribution in [0.4, 0.5) is 0 Å². The average molecular weight is 482 g/mol. The van der Waals surface area contributed by atoms with Gasteiger partial charge in [0.2, 0.25) is 5.91 Å². The number of aromatic hydroxyl groups is 1. The summed E-state index contributed by atoms with van der Waals surface area (Å²) in [5.74, 6) is -0.305. The van der Waals surface area contributed by atoms with Crippen molar-refractivity contribution in [2.45, 2.75) is 49.2 Å². The number of amides is 1. The number of pyridine rings is 1. The molecule has 3 aromatic rings. The van der Waals surface area contributed by atoms with Gasteiger partial charge in [-0.1, -0.05) is 59.6 Å². The molecule has 0 spiro atoms. The molecule has 5 nitrogen and oxygen atoms in total. The Morgan fingerprint density at radius 2 is 1.52 bits per heavy atom. The molecule has 7 heteroatoms. The number of hydrogen-bond acceptors (Lipinski definition) is 4. The van der Waals surface area contributed by atoms with Gasteiger partial charge in [0.25, 0.3) is 0 Å². The van der Waals surface area contributed by atoms with E-state index in [2.05, 4.69) is 9.88 Å². The van der Waals surface area contributed by atoms with Gasteiger partial charge in [0.05, 0.1) is 23.3 Å². The predicted molar refractivity (Wildman–Crippen MR) is 129 cm³/mol. The fourth-order valence-corrected chi connectivity index (χ4v) is 6.27. The maximum Gasteiger partial charge on any atom is 0.229 e.